The zero-order valence-corrected chi connectivity index (χ0v) is 24.2. The summed E-state index contributed by atoms with van der Waals surface area (Å²) < 4.78 is 37.3. The summed E-state index contributed by atoms with van der Waals surface area (Å²) >= 11 is 0. The molecule has 11 nitrogen and oxygen atoms in total. The van der Waals surface area contributed by atoms with Crippen molar-refractivity contribution >= 4 is 21.7 Å². The molecule has 5 rings (SSSR count). The highest BCUT2D eigenvalue weighted by Crippen LogP contribution is 2.45. The summed E-state index contributed by atoms with van der Waals surface area (Å²) in [5.41, 5.74) is 1.43. The molecule has 1 N–H and O–H groups in total. The van der Waals surface area contributed by atoms with E-state index in [1.807, 2.05) is 12.3 Å². The Morgan fingerprint density at radius 2 is 1.95 bits per heavy atom. The molecule has 0 bridgehead atoms. The van der Waals surface area contributed by atoms with Gasteiger partial charge in [-0.1, -0.05) is 13.8 Å². The minimum Gasteiger partial charge on any atom is -0.375 e. The van der Waals surface area contributed by atoms with E-state index < -0.39 is 15.9 Å². The summed E-state index contributed by atoms with van der Waals surface area (Å²) in [6, 6.07) is 5.18. The molecule has 0 spiro atoms. The van der Waals surface area contributed by atoms with Gasteiger partial charge in [0.1, 0.15) is 10.7 Å². The van der Waals surface area contributed by atoms with Crippen LogP contribution in [0.4, 0.5) is 5.82 Å². The van der Waals surface area contributed by atoms with Crippen molar-refractivity contribution in [3.05, 3.63) is 47.5 Å². The number of carbonyl (C=O) groups excluding carboxylic acids is 1. The number of sulfonamides is 1. The number of carbonyl (C=O) groups is 1. The first-order chi connectivity index (χ1) is 18.3. The Bertz CT molecular complexity index is 1500. The van der Waals surface area contributed by atoms with Crippen LogP contribution in [0.5, 0.6) is 0 Å². The minimum atomic E-state index is -4.13. The molecule has 12 heteroatoms. The third kappa shape index (κ3) is 5.58. The molecule has 39 heavy (non-hydrogen) atoms. The Labute approximate surface area is 229 Å². The first kappa shape index (κ1) is 27.3. The Balaban J connectivity index is 1.45. The van der Waals surface area contributed by atoms with Crippen LogP contribution in [-0.2, 0) is 28.4 Å². The van der Waals surface area contributed by atoms with E-state index in [-0.39, 0.29) is 16.0 Å². The van der Waals surface area contributed by atoms with Crippen molar-refractivity contribution in [2.24, 2.45) is 18.4 Å². The quantitative estimate of drug-likeness (QED) is 0.426. The van der Waals surface area contributed by atoms with Crippen LogP contribution in [0.3, 0.4) is 0 Å². The van der Waals surface area contributed by atoms with Crippen LogP contribution < -0.4 is 9.62 Å². The van der Waals surface area contributed by atoms with E-state index in [4.69, 9.17) is 9.72 Å². The maximum atomic E-state index is 13.5. The summed E-state index contributed by atoms with van der Waals surface area (Å²) in [7, 11) is -2.49. The number of aromatic nitrogens is 5. The zero-order chi connectivity index (χ0) is 28.2. The SMILES string of the molecule is Cc1c(S(=O)(=O)NC(=O)c2ccc(-n3ccc(COCC4(C)CC4)n3)nc2N2C[C@@H](C)CC2(C)C)cnn1C. The highest BCUT2D eigenvalue weighted by Gasteiger charge is 2.40. The normalized spacial score (nSPS) is 19.8. The predicted octanol–water partition coefficient (Wildman–Crippen LogP) is 3.37. The van der Waals surface area contributed by atoms with Crippen molar-refractivity contribution in [3.8, 4) is 5.82 Å². The van der Waals surface area contributed by atoms with Gasteiger partial charge in [-0.25, -0.2) is 22.8 Å². The molecule has 3 aromatic rings. The standard InChI is InChI=1S/C27H37N7O4S/c1-18-13-26(3,4)33(15-18)24-21(25(35)31-39(36,37)22-14-28-32(6)19(22)2)7-8-23(29-24)34-12-9-20(30-34)16-38-17-27(5)10-11-27/h7-9,12,14,18H,10-11,13,15-17H2,1-6H3,(H,31,35)/t18-/m0/s1. The van der Waals surface area contributed by atoms with Crippen LogP contribution >= 0.6 is 0 Å². The van der Waals surface area contributed by atoms with Crippen LogP contribution in [0.2, 0.25) is 0 Å². The number of hydrogen-bond acceptors (Lipinski definition) is 8. The van der Waals surface area contributed by atoms with Crippen molar-refractivity contribution in [3.63, 3.8) is 0 Å². The largest absolute Gasteiger partial charge is 0.375 e. The second-order valence-corrected chi connectivity index (χ2v) is 13.6. The first-order valence-electron chi connectivity index (χ1n) is 13.3. The highest BCUT2D eigenvalue weighted by molar-refractivity contribution is 7.90. The minimum absolute atomic E-state index is 0.0402. The van der Waals surface area contributed by atoms with Crippen molar-refractivity contribution in [2.75, 3.05) is 18.1 Å². The summed E-state index contributed by atoms with van der Waals surface area (Å²) in [5.74, 6) is 0.589. The molecule has 4 heterocycles. The van der Waals surface area contributed by atoms with Gasteiger partial charge in [0.15, 0.2) is 5.82 Å². The van der Waals surface area contributed by atoms with E-state index in [2.05, 4.69) is 47.5 Å². The van der Waals surface area contributed by atoms with Crippen molar-refractivity contribution in [1.82, 2.24) is 29.3 Å². The number of anilines is 1. The predicted molar refractivity (Wildman–Crippen MR) is 146 cm³/mol. The lowest BCUT2D eigenvalue weighted by Crippen LogP contribution is -2.41. The smallest absolute Gasteiger partial charge is 0.268 e. The number of hydrogen-bond donors (Lipinski definition) is 1. The topological polar surface area (TPSA) is 124 Å². The first-order valence-corrected chi connectivity index (χ1v) is 14.7. The molecule has 1 saturated heterocycles. The van der Waals surface area contributed by atoms with Crippen LogP contribution in [0.15, 0.2) is 35.5 Å². The third-order valence-corrected chi connectivity index (χ3v) is 9.26. The van der Waals surface area contributed by atoms with Gasteiger partial charge in [-0.3, -0.25) is 9.48 Å². The lowest BCUT2D eigenvalue weighted by molar-refractivity contribution is 0.0819. The molecule has 3 aromatic heterocycles. The van der Waals surface area contributed by atoms with Gasteiger partial charge in [0.25, 0.3) is 15.9 Å². The van der Waals surface area contributed by atoms with Gasteiger partial charge in [-0.2, -0.15) is 10.2 Å². The summed E-state index contributed by atoms with van der Waals surface area (Å²) in [5, 5.41) is 8.63. The molecule has 1 aliphatic carbocycles. The molecule has 1 amide bonds. The molecule has 210 valence electrons. The number of pyridine rings is 1. The van der Waals surface area contributed by atoms with Gasteiger partial charge in [-0.05, 0) is 69.6 Å². The Hall–Kier alpha value is -3.25. The van der Waals surface area contributed by atoms with E-state index in [0.29, 0.717) is 41.8 Å². The number of nitrogens with one attached hydrogen (secondary N) is 1. The van der Waals surface area contributed by atoms with Crippen LogP contribution in [0.25, 0.3) is 5.82 Å². The van der Waals surface area contributed by atoms with Gasteiger partial charge in [0.05, 0.1) is 36.4 Å². The van der Waals surface area contributed by atoms with E-state index >= 15 is 0 Å². The molecular weight excluding hydrogens is 518 g/mol. The van der Waals surface area contributed by atoms with E-state index in [0.717, 1.165) is 18.7 Å². The lowest BCUT2D eigenvalue weighted by atomic mass is 9.97. The van der Waals surface area contributed by atoms with E-state index in [9.17, 15) is 13.2 Å². The van der Waals surface area contributed by atoms with Gasteiger partial charge < -0.3 is 9.64 Å². The summed E-state index contributed by atoms with van der Waals surface area (Å²) in [6.45, 7) is 12.0. The zero-order valence-electron chi connectivity index (χ0n) is 23.4. The second kappa shape index (κ2) is 9.74. The van der Waals surface area contributed by atoms with Crippen molar-refractivity contribution in [2.45, 2.75) is 70.9 Å². The van der Waals surface area contributed by atoms with Crippen LogP contribution in [0, 0.1) is 18.3 Å². The van der Waals surface area contributed by atoms with Crippen molar-refractivity contribution < 1.29 is 17.9 Å². The Morgan fingerprint density at radius 3 is 2.56 bits per heavy atom. The lowest BCUT2D eigenvalue weighted by Gasteiger charge is -2.34. The fourth-order valence-corrected chi connectivity index (χ4v) is 6.38. The molecule has 1 aliphatic heterocycles. The number of amides is 1. The number of rotatable bonds is 9. The molecule has 0 unspecified atom stereocenters. The average molecular weight is 556 g/mol. The monoisotopic (exact) mass is 555 g/mol. The average Bonchev–Trinajstić information content (AvgIpc) is 3.14. The van der Waals surface area contributed by atoms with E-state index in [1.165, 1.54) is 23.7 Å². The Kier molecular flexibility index (Phi) is 6.82. The van der Waals surface area contributed by atoms with E-state index in [1.54, 1.807) is 30.8 Å². The third-order valence-electron chi connectivity index (χ3n) is 7.82. The fraction of sp³-hybridized carbons (Fsp3) is 0.556. The molecule has 0 aromatic carbocycles. The van der Waals surface area contributed by atoms with Gasteiger partial charge in [0, 0.05) is 25.3 Å². The number of nitrogens with zero attached hydrogens (tertiary/aromatic N) is 6. The molecule has 1 atom stereocenters. The molecule has 0 radical (unpaired) electrons. The molecular formula is C27H37N7O4S. The summed E-state index contributed by atoms with van der Waals surface area (Å²) in [4.78, 5) is 20.4. The molecule has 2 fully saturated rings. The maximum Gasteiger partial charge on any atom is 0.268 e. The summed E-state index contributed by atoms with van der Waals surface area (Å²) in [6.07, 6.45) is 6.36. The molecule has 2 aliphatic rings. The Morgan fingerprint density at radius 1 is 1.21 bits per heavy atom. The van der Waals surface area contributed by atoms with Gasteiger partial charge in [-0.15, -0.1) is 0 Å². The van der Waals surface area contributed by atoms with Crippen LogP contribution in [-0.4, -0.2) is 57.6 Å². The van der Waals surface area contributed by atoms with Crippen molar-refractivity contribution in [1.29, 1.82) is 0 Å². The molecule has 1 saturated carbocycles. The highest BCUT2D eigenvalue weighted by atomic mass is 32.2. The van der Waals surface area contributed by atoms with Gasteiger partial charge >= 0.3 is 0 Å². The van der Waals surface area contributed by atoms with Gasteiger partial charge in [0.2, 0.25) is 0 Å². The maximum absolute atomic E-state index is 13.5. The number of ether oxygens (including phenoxy) is 1. The fourth-order valence-electron chi connectivity index (χ4n) is 5.21. The number of aryl methyl sites for hydroxylation is 1. The second-order valence-electron chi connectivity index (χ2n) is 12.0. The van der Waals surface area contributed by atoms with Crippen LogP contribution in [0.1, 0.15) is 68.7 Å².